The molecule has 114 valence electrons. The average molecular weight is 365 g/mol. The third-order valence-electron chi connectivity index (χ3n) is 2.94. The second-order valence-corrected chi connectivity index (χ2v) is 5.42. The number of amides is 2. The summed E-state index contributed by atoms with van der Waals surface area (Å²) in [5.41, 5.74) is 1.41. The van der Waals surface area contributed by atoms with Gasteiger partial charge < -0.3 is 10.6 Å². The smallest absolute Gasteiger partial charge is 0.313 e. The summed E-state index contributed by atoms with van der Waals surface area (Å²) in [4.78, 5) is 23.5. The summed E-state index contributed by atoms with van der Waals surface area (Å²) in [7, 11) is 0. The Hall–Kier alpha value is -2.21. The zero-order valence-electron chi connectivity index (χ0n) is 11.6. The topological polar surface area (TPSA) is 58.2 Å². The van der Waals surface area contributed by atoms with E-state index >= 15 is 0 Å². The van der Waals surface area contributed by atoms with E-state index in [9.17, 15) is 14.0 Å². The Morgan fingerprint density at radius 1 is 1.00 bits per heavy atom. The maximum atomic E-state index is 12.8. The predicted molar refractivity (Wildman–Crippen MR) is 85.9 cm³/mol. The zero-order valence-corrected chi connectivity index (χ0v) is 13.2. The number of hydrogen-bond donors (Lipinski definition) is 2. The fourth-order valence-corrected chi connectivity index (χ4v) is 2.18. The van der Waals surface area contributed by atoms with Gasteiger partial charge in [-0.15, -0.1) is 0 Å². The lowest BCUT2D eigenvalue weighted by Gasteiger charge is -2.08. The SMILES string of the molecule is O=C(NCCc1ccc(F)cc1)C(=O)Nc1ccccc1Br. The Bertz CT molecular complexity index is 674. The van der Waals surface area contributed by atoms with Crippen molar-refractivity contribution in [2.75, 3.05) is 11.9 Å². The van der Waals surface area contributed by atoms with Gasteiger partial charge in [-0.1, -0.05) is 24.3 Å². The molecule has 0 aliphatic rings. The number of benzene rings is 2. The Balaban J connectivity index is 1.80. The number of rotatable bonds is 4. The van der Waals surface area contributed by atoms with E-state index in [1.807, 2.05) is 6.07 Å². The van der Waals surface area contributed by atoms with Crippen molar-refractivity contribution in [2.24, 2.45) is 0 Å². The van der Waals surface area contributed by atoms with Crippen LogP contribution < -0.4 is 10.6 Å². The fourth-order valence-electron chi connectivity index (χ4n) is 1.79. The van der Waals surface area contributed by atoms with Crippen LogP contribution in [0.1, 0.15) is 5.56 Å². The summed E-state index contributed by atoms with van der Waals surface area (Å²) in [6, 6.07) is 13.0. The summed E-state index contributed by atoms with van der Waals surface area (Å²) in [6.07, 6.45) is 0.522. The number of para-hydroxylation sites is 1. The quantitative estimate of drug-likeness (QED) is 0.819. The molecule has 0 bridgehead atoms. The van der Waals surface area contributed by atoms with E-state index in [-0.39, 0.29) is 5.82 Å². The zero-order chi connectivity index (χ0) is 15.9. The van der Waals surface area contributed by atoms with Crippen molar-refractivity contribution >= 4 is 33.4 Å². The Morgan fingerprint density at radius 2 is 1.68 bits per heavy atom. The molecule has 6 heteroatoms. The average Bonchev–Trinajstić information content (AvgIpc) is 2.51. The van der Waals surface area contributed by atoms with Crippen LogP contribution in [0.15, 0.2) is 53.0 Å². The van der Waals surface area contributed by atoms with Crippen LogP contribution >= 0.6 is 15.9 Å². The minimum absolute atomic E-state index is 0.299. The van der Waals surface area contributed by atoms with Gasteiger partial charge in [-0.3, -0.25) is 9.59 Å². The molecule has 4 nitrogen and oxygen atoms in total. The van der Waals surface area contributed by atoms with E-state index < -0.39 is 11.8 Å². The van der Waals surface area contributed by atoms with Gasteiger partial charge in [0.2, 0.25) is 0 Å². The van der Waals surface area contributed by atoms with E-state index in [1.165, 1.54) is 12.1 Å². The molecule has 2 aromatic carbocycles. The van der Waals surface area contributed by atoms with Crippen molar-refractivity contribution < 1.29 is 14.0 Å². The molecule has 0 atom stereocenters. The van der Waals surface area contributed by atoms with Crippen LogP contribution in [0.5, 0.6) is 0 Å². The molecule has 0 saturated heterocycles. The van der Waals surface area contributed by atoms with E-state index in [4.69, 9.17) is 0 Å². The first-order valence-electron chi connectivity index (χ1n) is 6.64. The molecule has 0 radical (unpaired) electrons. The van der Waals surface area contributed by atoms with Gasteiger partial charge in [0.1, 0.15) is 5.82 Å². The summed E-state index contributed by atoms with van der Waals surface area (Å²) in [6.45, 7) is 0.299. The number of carbonyl (C=O) groups is 2. The third kappa shape index (κ3) is 4.66. The second-order valence-electron chi connectivity index (χ2n) is 4.57. The molecule has 2 rings (SSSR count). The van der Waals surface area contributed by atoms with Crippen molar-refractivity contribution in [3.05, 3.63) is 64.4 Å². The van der Waals surface area contributed by atoms with Crippen LogP contribution in [0.2, 0.25) is 0 Å². The van der Waals surface area contributed by atoms with Crippen molar-refractivity contribution in [2.45, 2.75) is 6.42 Å². The van der Waals surface area contributed by atoms with Crippen molar-refractivity contribution in [1.29, 1.82) is 0 Å². The van der Waals surface area contributed by atoms with Gasteiger partial charge in [0.25, 0.3) is 0 Å². The van der Waals surface area contributed by atoms with Gasteiger partial charge in [0, 0.05) is 11.0 Å². The highest BCUT2D eigenvalue weighted by atomic mass is 79.9. The molecule has 2 amide bonds. The lowest BCUT2D eigenvalue weighted by molar-refractivity contribution is -0.136. The van der Waals surface area contributed by atoms with Crippen molar-refractivity contribution in [1.82, 2.24) is 5.32 Å². The standard InChI is InChI=1S/C16H14BrFN2O2/c17-13-3-1-2-4-14(13)20-16(22)15(21)19-10-9-11-5-7-12(18)8-6-11/h1-8H,9-10H2,(H,19,21)(H,20,22). The summed E-state index contributed by atoms with van der Waals surface area (Å²) in [5, 5.41) is 5.04. The van der Waals surface area contributed by atoms with E-state index in [0.29, 0.717) is 23.1 Å². The Morgan fingerprint density at radius 3 is 2.36 bits per heavy atom. The molecule has 0 fully saturated rings. The first-order chi connectivity index (χ1) is 10.6. The Labute approximate surface area is 135 Å². The van der Waals surface area contributed by atoms with Crippen molar-refractivity contribution in [3.8, 4) is 0 Å². The molecule has 0 heterocycles. The normalized spacial score (nSPS) is 10.1. The largest absolute Gasteiger partial charge is 0.347 e. The lowest BCUT2D eigenvalue weighted by Crippen LogP contribution is -2.36. The van der Waals surface area contributed by atoms with Gasteiger partial charge in [0.05, 0.1) is 5.69 Å². The maximum absolute atomic E-state index is 12.8. The predicted octanol–water partition coefficient (Wildman–Crippen LogP) is 2.89. The molecular formula is C16H14BrFN2O2. The summed E-state index contributed by atoms with van der Waals surface area (Å²) in [5.74, 6) is -1.75. The third-order valence-corrected chi connectivity index (χ3v) is 3.63. The highest BCUT2D eigenvalue weighted by Crippen LogP contribution is 2.20. The van der Waals surface area contributed by atoms with Crippen LogP contribution in [0.25, 0.3) is 0 Å². The number of hydrogen-bond acceptors (Lipinski definition) is 2. The van der Waals surface area contributed by atoms with Crippen LogP contribution in [0.4, 0.5) is 10.1 Å². The first kappa shape index (κ1) is 16.2. The molecule has 0 saturated carbocycles. The van der Waals surface area contributed by atoms with Gasteiger partial charge in [0.15, 0.2) is 0 Å². The summed E-state index contributed by atoms with van der Waals surface area (Å²) >= 11 is 3.29. The molecule has 0 unspecified atom stereocenters. The molecule has 0 aliphatic carbocycles. The van der Waals surface area contributed by atoms with Gasteiger partial charge >= 0.3 is 11.8 Å². The molecule has 22 heavy (non-hydrogen) atoms. The molecular weight excluding hydrogens is 351 g/mol. The second kappa shape index (κ2) is 7.70. The number of carbonyl (C=O) groups excluding carboxylic acids is 2. The van der Waals surface area contributed by atoms with E-state index in [0.717, 1.165) is 5.56 Å². The van der Waals surface area contributed by atoms with Gasteiger partial charge in [-0.25, -0.2) is 4.39 Å². The maximum Gasteiger partial charge on any atom is 0.313 e. The molecule has 0 spiro atoms. The minimum Gasteiger partial charge on any atom is -0.347 e. The van der Waals surface area contributed by atoms with E-state index in [2.05, 4.69) is 26.6 Å². The highest BCUT2D eigenvalue weighted by molar-refractivity contribution is 9.10. The van der Waals surface area contributed by atoms with Crippen LogP contribution in [0.3, 0.4) is 0 Å². The van der Waals surface area contributed by atoms with Crippen molar-refractivity contribution in [3.63, 3.8) is 0 Å². The van der Waals surface area contributed by atoms with Crippen LogP contribution in [-0.4, -0.2) is 18.4 Å². The monoisotopic (exact) mass is 364 g/mol. The molecule has 0 aliphatic heterocycles. The molecule has 2 aromatic rings. The molecule has 0 aromatic heterocycles. The number of halogens is 2. The minimum atomic E-state index is -0.731. The molecule has 2 N–H and O–H groups in total. The van der Waals surface area contributed by atoms with Crippen LogP contribution in [-0.2, 0) is 16.0 Å². The Kier molecular flexibility index (Phi) is 5.66. The first-order valence-corrected chi connectivity index (χ1v) is 7.44. The van der Waals surface area contributed by atoms with Gasteiger partial charge in [-0.05, 0) is 52.2 Å². The highest BCUT2D eigenvalue weighted by Gasteiger charge is 2.14. The van der Waals surface area contributed by atoms with Gasteiger partial charge in [-0.2, -0.15) is 0 Å². The number of nitrogens with one attached hydrogen (secondary N) is 2. The fraction of sp³-hybridized carbons (Fsp3) is 0.125. The summed E-state index contributed by atoms with van der Waals surface area (Å²) < 4.78 is 13.5. The van der Waals surface area contributed by atoms with Crippen LogP contribution in [0, 0.1) is 5.82 Å². The van der Waals surface area contributed by atoms with E-state index in [1.54, 1.807) is 30.3 Å². The number of anilines is 1. The lowest BCUT2D eigenvalue weighted by atomic mass is 10.1.